The first-order valence-corrected chi connectivity index (χ1v) is 9.16. The Bertz CT molecular complexity index is 661. The summed E-state index contributed by atoms with van der Waals surface area (Å²) in [6, 6.07) is 7.69. The normalized spacial score (nSPS) is 14.0. The Labute approximate surface area is 153 Å². The molecule has 3 N–H and O–H groups in total. The lowest BCUT2D eigenvalue weighted by Gasteiger charge is -2.06. The molecule has 24 heavy (non-hydrogen) atoms. The monoisotopic (exact) mass is 365 g/mol. The molecule has 0 fully saturated rings. The molecule has 6 heteroatoms. The van der Waals surface area contributed by atoms with E-state index < -0.39 is 0 Å². The molecule has 0 atom stereocenters. The van der Waals surface area contributed by atoms with Gasteiger partial charge in [-0.1, -0.05) is 31.0 Å². The summed E-state index contributed by atoms with van der Waals surface area (Å²) in [5, 5.41) is 3.71. The van der Waals surface area contributed by atoms with E-state index in [0.29, 0.717) is 12.8 Å². The molecule has 0 spiro atoms. The molecule has 2 aromatic rings. The van der Waals surface area contributed by atoms with E-state index in [2.05, 4.69) is 10.3 Å². The van der Waals surface area contributed by atoms with Crippen molar-refractivity contribution in [2.75, 3.05) is 11.1 Å². The summed E-state index contributed by atoms with van der Waals surface area (Å²) in [6.45, 7) is 0. The first-order valence-electron chi connectivity index (χ1n) is 8.34. The second kappa shape index (κ2) is 9.04. The summed E-state index contributed by atoms with van der Waals surface area (Å²) in [5.41, 5.74) is 8.88. The molecule has 1 aromatic carbocycles. The fourth-order valence-electron chi connectivity index (χ4n) is 2.95. The zero-order chi connectivity index (χ0) is 16.1. The second-order valence-electron chi connectivity index (χ2n) is 6.05. The summed E-state index contributed by atoms with van der Waals surface area (Å²) < 4.78 is 0. The van der Waals surface area contributed by atoms with Crippen LogP contribution < -0.4 is 11.1 Å². The highest BCUT2D eigenvalue weighted by molar-refractivity contribution is 7.15. The second-order valence-corrected chi connectivity index (χ2v) is 7.13. The number of nitrogens with one attached hydrogen (secondary N) is 1. The minimum atomic E-state index is 0. The van der Waals surface area contributed by atoms with Gasteiger partial charge in [0.2, 0.25) is 5.91 Å². The van der Waals surface area contributed by atoms with Crippen molar-refractivity contribution in [2.45, 2.75) is 51.4 Å². The SMILES string of the molecule is Cl.Nc1ccccc1CCC(=O)Nc1nc2c(s1)CCCCCC2. The average Bonchev–Trinajstić information content (AvgIpc) is 2.87. The van der Waals surface area contributed by atoms with Gasteiger partial charge in [0.05, 0.1) is 5.69 Å². The molecule has 1 amide bonds. The highest BCUT2D eigenvalue weighted by Gasteiger charge is 2.14. The molecule has 130 valence electrons. The molecule has 0 saturated carbocycles. The van der Waals surface area contributed by atoms with Gasteiger partial charge in [0.15, 0.2) is 5.13 Å². The van der Waals surface area contributed by atoms with E-state index in [1.165, 1.54) is 36.3 Å². The predicted octanol–water partition coefficient (Wildman–Crippen LogP) is 4.38. The zero-order valence-corrected chi connectivity index (χ0v) is 15.3. The molecule has 0 aliphatic heterocycles. The van der Waals surface area contributed by atoms with Crippen LogP contribution >= 0.6 is 23.7 Å². The third-order valence-electron chi connectivity index (χ3n) is 4.27. The number of anilines is 2. The van der Waals surface area contributed by atoms with Crippen molar-refractivity contribution in [2.24, 2.45) is 0 Å². The van der Waals surface area contributed by atoms with Crippen molar-refractivity contribution in [1.29, 1.82) is 0 Å². The lowest BCUT2D eigenvalue weighted by molar-refractivity contribution is -0.116. The quantitative estimate of drug-likeness (QED) is 0.790. The van der Waals surface area contributed by atoms with E-state index in [1.807, 2.05) is 24.3 Å². The molecule has 1 aliphatic carbocycles. The number of aromatic nitrogens is 1. The Morgan fingerprint density at radius 2 is 1.92 bits per heavy atom. The molecule has 1 aromatic heterocycles. The van der Waals surface area contributed by atoms with Crippen molar-refractivity contribution in [1.82, 2.24) is 4.98 Å². The van der Waals surface area contributed by atoms with Crippen LogP contribution in [0.4, 0.5) is 10.8 Å². The van der Waals surface area contributed by atoms with Gasteiger partial charge >= 0.3 is 0 Å². The molecule has 4 nitrogen and oxygen atoms in total. The maximum atomic E-state index is 12.2. The number of nitrogens with zero attached hydrogens (tertiary/aromatic N) is 1. The van der Waals surface area contributed by atoms with E-state index in [1.54, 1.807) is 11.3 Å². The number of halogens is 1. The first kappa shape index (κ1) is 18.7. The molecule has 0 unspecified atom stereocenters. The molecule has 0 radical (unpaired) electrons. The van der Waals surface area contributed by atoms with Gasteiger partial charge in [0.25, 0.3) is 0 Å². The van der Waals surface area contributed by atoms with Crippen LogP contribution in [0, 0.1) is 0 Å². The number of hydrogen-bond acceptors (Lipinski definition) is 4. The minimum absolute atomic E-state index is 0. The number of benzene rings is 1. The summed E-state index contributed by atoms with van der Waals surface area (Å²) in [5.74, 6) is 0.00924. The van der Waals surface area contributed by atoms with Gasteiger partial charge < -0.3 is 11.1 Å². The maximum absolute atomic E-state index is 12.2. The van der Waals surface area contributed by atoms with Gasteiger partial charge in [0, 0.05) is 17.0 Å². The van der Waals surface area contributed by atoms with Gasteiger partial charge in [-0.05, 0) is 43.7 Å². The van der Waals surface area contributed by atoms with Gasteiger partial charge in [-0.15, -0.1) is 23.7 Å². The van der Waals surface area contributed by atoms with Crippen LogP contribution in [0.2, 0.25) is 0 Å². The summed E-state index contributed by atoms with van der Waals surface area (Å²) in [7, 11) is 0. The summed E-state index contributed by atoms with van der Waals surface area (Å²) in [6.07, 6.45) is 8.26. The molecule has 1 heterocycles. The highest BCUT2D eigenvalue weighted by atomic mass is 35.5. The number of nitrogen functional groups attached to an aromatic ring is 1. The first-order chi connectivity index (χ1) is 11.2. The Kier molecular flexibility index (Phi) is 7.06. The largest absolute Gasteiger partial charge is 0.399 e. The van der Waals surface area contributed by atoms with E-state index >= 15 is 0 Å². The fraction of sp³-hybridized carbons (Fsp3) is 0.444. The van der Waals surface area contributed by atoms with Gasteiger partial charge in [-0.3, -0.25) is 4.79 Å². The van der Waals surface area contributed by atoms with Crippen LogP contribution in [-0.4, -0.2) is 10.9 Å². The molecule has 0 bridgehead atoms. The number of thiazole rings is 1. The van der Waals surface area contributed by atoms with Crippen LogP contribution in [0.3, 0.4) is 0 Å². The van der Waals surface area contributed by atoms with E-state index in [-0.39, 0.29) is 18.3 Å². The average molecular weight is 366 g/mol. The summed E-state index contributed by atoms with van der Waals surface area (Å²) >= 11 is 1.64. The number of hydrogen-bond donors (Lipinski definition) is 2. The minimum Gasteiger partial charge on any atom is -0.399 e. The molecular formula is C18H24ClN3OS. The topological polar surface area (TPSA) is 68.0 Å². The maximum Gasteiger partial charge on any atom is 0.226 e. The lowest BCUT2D eigenvalue weighted by atomic mass is 10.0. The number of carbonyl (C=O) groups excluding carboxylic acids is 1. The van der Waals surface area contributed by atoms with Crippen molar-refractivity contribution in [3.63, 3.8) is 0 Å². The third-order valence-corrected chi connectivity index (χ3v) is 5.34. The van der Waals surface area contributed by atoms with Gasteiger partial charge in [0.1, 0.15) is 0 Å². The number of fused-ring (bicyclic) bond motifs is 1. The Hall–Kier alpha value is -1.59. The van der Waals surface area contributed by atoms with Crippen molar-refractivity contribution >= 4 is 40.5 Å². The van der Waals surface area contributed by atoms with Gasteiger partial charge in [-0.25, -0.2) is 4.98 Å². The number of carbonyl (C=O) groups is 1. The number of amides is 1. The highest BCUT2D eigenvalue weighted by Crippen LogP contribution is 2.28. The molecule has 0 saturated heterocycles. The Morgan fingerprint density at radius 1 is 1.17 bits per heavy atom. The number of rotatable bonds is 4. The zero-order valence-electron chi connectivity index (χ0n) is 13.7. The smallest absolute Gasteiger partial charge is 0.226 e. The van der Waals surface area contributed by atoms with E-state index in [9.17, 15) is 4.79 Å². The van der Waals surface area contributed by atoms with Gasteiger partial charge in [-0.2, -0.15) is 0 Å². The molecule has 1 aliphatic rings. The number of para-hydroxylation sites is 1. The molecular weight excluding hydrogens is 342 g/mol. The van der Waals surface area contributed by atoms with Crippen LogP contribution in [-0.2, 0) is 24.1 Å². The Morgan fingerprint density at radius 3 is 2.71 bits per heavy atom. The Balaban J connectivity index is 0.00000208. The third kappa shape index (κ3) is 4.95. The molecule has 3 rings (SSSR count). The van der Waals surface area contributed by atoms with Crippen LogP contribution in [0.5, 0.6) is 0 Å². The van der Waals surface area contributed by atoms with Crippen LogP contribution in [0.25, 0.3) is 0 Å². The van der Waals surface area contributed by atoms with Crippen LogP contribution in [0.1, 0.15) is 48.2 Å². The standard InChI is InChI=1S/C18H23N3OS.ClH/c19-14-8-6-5-7-13(14)11-12-17(22)21-18-20-15-9-3-1-2-4-10-16(15)23-18;/h5-8H,1-4,9-12,19H2,(H,20,21,22);1H. The van der Waals surface area contributed by atoms with Crippen molar-refractivity contribution in [3.05, 3.63) is 40.4 Å². The number of nitrogens with two attached hydrogens (primary N) is 1. The lowest BCUT2D eigenvalue weighted by Crippen LogP contribution is -2.12. The van der Waals surface area contributed by atoms with Crippen molar-refractivity contribution in [3.8, 4) is 0 Å². The van der Waals surface area contributed by atoms with E-state index in [0.717, 1.165) is 29.2 Å². The number of aryl methyl sites for hydroxylation is 3. The fourth-order valence-corrected chi connectivity index (χ4v) is 4.02. The van der Waals surface area contributed by atoms with E-state index in [4.69, 9.17) is 5.73 Å². The summed E-state index contributed by atoms with van der Waals surface area (Å²) in [4.78, 5) is 18.1. The van der Waals surface area contributed by atoms with Crippen molar-refractivity contribution < 1.29 is 4.79 Å². The predicted molar refractivity (Wildman–Crippen MR) is 103 cm³/mol. The van der Waals surface area contributed by atoms with Crippen LogP contribution in [0.15, 0.2) is 24.3 Å².